The van der Waals surface area contributed by atoms with Gasteiger partial charge in [-0.2, -0.15) is 0 Å². The van der Waals surface area contributed by atoms with Crippen molar-refractivity contribution in [3.63, 3.8) is 0 Å². The molecule has 1 fully saturated rings. The third kappa shape index (κ3) is 2.48. The average molecular weight is 182 g/mol. The van der Waals surface area contributed by atoms with E-state index in [1.807, 2.05) is 0 Å². The molecule has 3 unspecified atom stereocenters. The molecule has 0 aromatic rings. The molecule has 0 amide bonds. The second-order valence-corrected chi connectivity index (χ2v) is 5.11. The maximum absolute atomic E-state index is 2.40. The fourth-order valence-corrected chi connectivity index (χ4v) is 3.38. The Kier molecular flexibility index (Phi) is 4.28. The lowest BCUT2D eigenvalue weighted by atomic mass is 9.80. The second-order valence-electron chi connectivity index (χ2n) is 5.11. The largest absolute Gasteiger partial charge is 0.0654 e. The van der Waals surface area contributed by atoms with E-state index in [0.717, 1.165) is 23.7 Å². The summed E-state index contributed by atoms with van der Waals surface area (Å²) in [5, 5.41) is 0. The highest BCUT2D eigenvalue weighted by atomic mass is 14.4. The first kappa shape index (κ1) is 11.1. The monoisotopic (exact) mass is 182 g/mol. The molecule has 1 aliphatic rings. The third-order valence-corrected chi connectivity index (χ3v) is 4.01. The van der Waals surface area contributed by atoms with Crippen LogP contribution in [-0.4, -0.2) is 0 Å². The fourth-order valence-electron chi connectivity index (χ4n) is 3.38. The van der Waals surface area contributed by atoms with E-state index in [-0.39, 0.29) is 0 Å². The number of rotatable bonds is 4. The predicted octanol–water partition coefficient (Wildman–Crippen LogP) is 4.49. The highest BCUT2D eigenvalue weighted by molar-refractivity contribution is 4.85. The van der Waals surface area contributed by atoms with Gasteiger partial charge in [-0.05, 0) is 36.5 Å². The van der Waals surface area contributed by atoms with Gasteiger partial charge in [-0.1, -0.05) is 47.0 Å². The van der Waals surface area contributed by atoms with Gasteiger partial charge >= 0.3 is 0 Å². The normalized spacial score (nSPS) is 34.4. The van der Waals surface area contributed by atoms with E-state index in [1.165, 1.54) is 32.1 Å². The lowest BCUT2D eigenvalue weighted by Crippen LogP contribution is -2.18. The molecule has 1 aliphatic carbocycles. The molecule has 0 radical (unpaired) electrons. The van der Waals surface area contributed by atoms with Gasteiger partial charge in [-0.25, -0.2) is 0 Å². The Balaban J connectivity index is 2.52. The van der Waals surface area contributed by atoms with Crippen LogP contribution in [0.2, 0.25) is 0 Å². The summed E-state index contributed by atoms with van der Waals surface area (Å²) in [7, 11) is 0. The van der Waals surface area contributed by atoms with Crippen molar-refractivity contribution in [2.45, 2.75) is 59.8 Å². The summed E-state index contributed by atoms with van der Waals surface area (Å²) in [5.41, 5.74) is 0. The van der Waals surface area contributed by atoms with Crippen LogP contribution in [0.15, 0.2) is 0 Å². The van der Waals surface area contributed by atoms with E-state index in [9.17, 15) is 0 Å². The summed E-state index contributed by atoms with van der Waals surface area (Å²) in [4.78, 5) is 0. The van der Waals surface area contributed by atoms with Crippen molar-refractivity contribution < 1.29 is 0 Å². The van der Waals surface area contributed by atoms with Crippen molar-refractivity contribution >= 4 is 0 Å². The molecule has 1 rings (SSSR count). The Morgan fingerprint density at radius 3 is 2.31 bits per heavy atom. The minimum Gasteiger partial charge on any atom is -0.0654 e. The van der Waals surface area contributed by atoms with Crippen molar-refractivity contribution in [2.24, 2.45) is 23.7 Å². The Labute approximate surface area is 84.1 Å². The van der Waals surface area contributed by atoms with Crippen molar-refractivity contribution in [1.29, 1.82) is 0 Å². The van der Waals surface area contributed by atoms with Gasteiger partial charge in [0, 0.05) is 0 Å². The quantitative estimate of drug-likeness (QED) is 0.600. The minimum atomic E-state index is 0.909. The first-order valence-corrected chi connectivity index (χ1v) is 6.20. The molecule has 0 aromatic heterocycles. The summed E-state index contributed by atoms with van der Waals surface area (Å²) >= 11 is 0. The van der Waals surface area contributed by atoms with E-state index < -0.39 is 0 Å². The molecule has 0 N–H and O–H groups in total. The molecule has 0 spiro atoms. The Morgan fingerprint density at radius 2 is 1.85 bits per heavy atom. The molecule has 0 heterocycles. The van der Waals surface area contributed by atoms with Gasteiger partial charge in [0.25, 0.3) is 0 Å². The fraction of sp³-hybridized carbons (Fsp3) is 1.00. The van der Waals surface area contributed by atoms with Crippen molar-refractivity contribution in [1.82, 2.24) is 0 Å². The predicted molar refractivity (Wildman–Crippen MR) is 59.7 cm³/mol. The highest BCUT2D eigenvalue weighted by Crippen LogP contribution is 2.44. The molecule has 0 bridgehead atoms. The summed E-state index contributed by atoms with van der Waals surface area (Å²) < 4.78 is 0. The van der Waals surface area contributed by atoms with Crippen LogP contribution in [0.4, 0.5) is 0 Å². The maximum Gasteiger partial charge on any atom is -0.0358 e. The van der Waals surface area contributed by atoms with E-state index in [2.05, 4.69) is 27.7 Å². The molecule has 13 heavy (non-hydrogen) atoms. The second kappa shape index (κ2) is 5.02. The SMILES string of the molecule is CCCC1CCC(C(C)C)C1CC. The van der Waals surface area contributed by atoms with E-state index in [1.54, 1.807) is 0 Å². The van der Waals surface area contributed by atoms with Gasteiger partial charge in [0.15, 0.2) is 0 Å². The zero-order valence-corrected chi connectivity index (χ0v) is 9.84. The van der Waals surface area contributed by atoms with Crippen LogP contribution in [0.1, 0.15) is 59.8 Å². The third-order valence-electron chi connectivity index (χ3n) is 4.01. The maximum atomic E-state index is 2.40. The van der Waals surface area contributed by atoms with Gasteiger partial charge in [0.1, 0.15) is 0 Å². The summed E-state index contributed by atoms with van der Waals surface area (Å²) in [6.07, 6.45) is 7.28. The first-order chi connectivity index (χ1) is 6.20. The van der Waals surface area contributed by atoms with Gasteiger partial charge in [-0.3, -0.25) is 0 Å². The van der Waals surface area contributed by atoms with Gasteiger partial charge in [0.2, 0.25) is 0 Å². The molecule has 1 saturated carbocycles. The molecular formula is C13H26. The van der Waals surface area contributed by atoms with Crippen LogP contribution in [-0.2, 0) is 0 Å². The van der Waals surface area contributed by atoms with Crippen LogP contribution in [0.3, 0.4) is 0 Å². The number of hydrogen-bond donors (Lipinski definition) is 0. The molecule has 78 valence electrons. The summed E-state index contributed by atoms with van der Waals surface area (Å²) in [6.45, 7) is 9.52. The van der Waals surface area contributed by atoms with Crippen LogP contribution in [0, 0.1) is 23.7 Å². The standard InChI is InChI=1S/C13H26/c1-5-7-11-8-9-13(10(3)4)12(11)6-2/h10-13H,5-9H2,1-4H3. The highest BCUT2D eigenvalue weighted by Gasteiger charge is 2.35. The van der Waals surface area contributed by atoms with Gasteiger partial charge in [-0.15, -0.1) is 0 Å². The van der Waals surface area contributed by atoms with E-state index in [0.29, 0.717) is 0 Å². The molecule has 0 heteroatoms. The van der Waals surface area contributed by atoms with Crippen LogP contribution < -0.4 is 0 Å². The first-order valence-electron chi connectivity index (χ1n) is 6.20. The van der Waals surface area contributed by atoms with Crippen LogP contribution in [0.25, 0.3) is 0 Å². The van der Waals surface area contributed by atoms with Crippen LogP contribution in [0.5, 0.6) is 0 Å². The van der Waals surface area contributed by atoms with Crippen LogP contribution >= 0.6 is 0 Å². The lowest BCUT2D eigenvalue weighted by molar-refractivity contribution is 0.236. The van der Waals surface area contributed by atoms with Crippen molar-refractivity contribution in [3.05, 3.63) is 0 Å². The van der Waals surface area contributed by atoms with E-state index >= 15 is 0 Å². The van der Waals surface area contributed by atoms with Crippen molar-refractivity contribution in [2.75, 3.05) is 0 Å². The minimum absolute atomic E-state index is 0.909. The summed E-state index contributed by atoms with van der Waals surface area (Å²) in [6, 6.07) is 0. The smallest absolute Gasteiger partial charge is 0.0358 e. The van der Waals surface area contributed by atoms with Gasteiger partial charge < -0.3 is 0 Å². The van der Waals surface area contributed by atoms with Crippen molar-refractivity contribution in [3.8, 4) is 0 Å². The molecule has 0 saturated heterocycles. The zero-order chi connectivity index (χ0) is 9.84. The van der Waals surface area contributed by atoms with Gasteiger partial charge in [0.05, 0.1) is 0 Å². The topological polar surface area (TPSA) is 0 Å². The average Bonchev–Trinajstić information content (AvgIpc) is 2.48. The Bertz CT molecular complexity index is 137. The lowest BCUT2D eigenvalue weighted by Gasteiger charge is -2.26. The Morgan fingerprint density at radius 1 is 1.15 bits per heavy atom. The molecule has 0 aromatic carbocycles. The molecule has 3 atom stereocenters. The Hall–Kier alpha value is 0. The zero-order valence-electron chi connectivity index (χ0n) is 9.84. The van der Waals surface area contributed by atoms with E-state index in [4.69, 9.17) is 0 Å². The molecular weight excluding hydrogens is 156 g/mol. The molecule has 0 aliphatic heterocycles. The molecule has 0 nitrogen and oxygen atoms in total. The number of hydrogen-bond acceptors (Lipinski definition) is 0. The summed E-state index contributed by atoms with van der Waals surface area (Å²) in [5.74, 6) is 4.04.